The first-order valence-corrected chi connectivity index (χ1v) is 10.6. The van der Waals surface area contributed by atoms with Crippen molar-refractivity contribution < 1.29 is 17.6 Å². The highest BCUT2D eigenvalue weighted by atomic mass is 79.9. The molecular formula is C18H12BrClFN3O3S. The topological polar surface area (TPSA) is 89.0 Å². The van der Waals surface area contributed by atoms with Crippen LogP contribution in [0.3, 0.4) is 0 Å². The Balaban J connectivity index is 1.87. The minimum absolute atomic E-state index is 0.146. The molecule has 28 heavy (non-hydrogen) atoms. The smallest absolute Gasteiger partial charge is 0.275 e. The molecule has 0 spiro atoms. The molecular weight excluding hydrogens is 473 g/mol. The summed E-state index contributed by atoms with van der Waals surface area (Å²) in [4.78, 5) is 20.2. The van der Waals surface area contributed by atoms with Crippen LogP contribution in [0, 0.1) is 5.82 Å². The van der Waals surface area contributed by atoms with E-state index in [0.717, 1.165) is 12.1 Å². The van der Waals surface area contributed by atoms with Crippen LogP contribution in [-0.4, -0.2) is 24.3 Å². The molecule has 0 aliphatic rings. The Morgan fingerprint density at radius 3 is 2.57 bits per heavy atom. The third-order valence-electron chi connectivity index (χ3n) is 3.57. The molecule has 0 bridgehead atoms. The van der Waals surface area contributed by atoms with Gasteiger partial charge >= 0.3 is 0 Å². The molecule has 0 saturated carbocycles. The average Bonchev–Trinajstić information content (AvgIpc) is 2.63. The zero-order chi connectivity index (χ0) is 20.3. The molecule has 1 heterocycles. The molecule has 6 nitrogen and oxygen atoms in total. The van der Waals surface area contributed by atoms with E-state index in [0.29, 0.717) is 16.3 Å². The van der Waals surface area contributed by atoms with Gasteiger partial charge in [-0.25, -0.2) is 22.8 Å². The molecule has 2 aromatic carbocycles. The van der Waals surface area contributed by atoms with Gasteiger partial charge in [-0.15, -0.1) is 0 Å². The van der Waals surface area contributed by atoms with E-state index in [2.05, 4.69) is 31.2 Å². The molecule has 3 aromatic rings. The lowest BCUT2D eigenvalue weighted by Crippen LogP contribution is -2.18. The number of anilines is 1. The molecule has 0 unspecified atom stereocenters. The predicted molar refractivity (Wildman–Crippen MR) is 106 cm³/mol. The Hall–Kier alpha value is -2.36. The minimum Gasteiger partial charge on any atom is -0.321 e. The molecule has 3 rings (SSSR count). The highest BCUT2D eigenvalue weighted by Gasteiger charge is 2.23. The van der Waals surface area contributed by atoms with Crippen molar-refractivity contribution in [1.29, 1.82) is 0 Å². The molecule has 1 aromatic heterocycles. The summed E-state index contributed by atoms with van der Waals surface area (Å²) in [5.41, 5.74) is 0.657. The highest BCUT2D eigenvalue weighted by molar-refractivity contribution is 9.10. The first-order chi connectivity index (χ1) is 13.2. The summed E-state index contributed by atoms with van der Waals surface area (Å²) in [7, 11) is -3.95. The van der Waals surface area contributed by atoms with E-state index in [1.165, 1.54) is 18.3 Å². The van der Waals surface area contributed by atoms with Crippen molar-refractivity contribution in [2.75, 3.05) is 5.32 Å². The first-order valence-electron chi connectivity index (χ1n) is 7.81. The zero-order valence-corrected chi connectivity index (χ0v) is 17.2. The first kappa shape index (κ1) is 20.4. The van der Waals surface area contributed by atoms with Gasteiger partial charge in [0.1, 0.15) is 11.5 Å². The summed E-state index contributed by atoms with van der Waals surface area (Å²) < 4.78 is 38.4. The Morgan fingerprint density at radius 2 is 1.89 bits per heavy atom. The van der Waals surface area contributed by atoms with Crippen LogP contribution in [0.15, 0.2) is 64.4 Å². The second-order valence-corrected chi connectivity index (χ2v) is 8.87. The van der Waals surface area contributed by atoms with Crippen LogP contribution in [0.4, 0.5) is 10.1 Å². The number of amides is 1. The Bertz CT molecular complexity index is 1140. The van der Waals surface area contributed by atoms with E-state index in [-0.39, 0.29) is 10.2 Å². The molecule has 0 aliphatic carbocycles. The summed E-state index contributed by atoms with van der Waals surface area (Å²) >= 11 is 9.04. The van der Waals surface area contributed by atoms with Gasteiger partial charge in [-0.1, -0.05) is 29.8 Å². The number of carbonyl (C=O) groups excluding carboxylic acids is 1. The van der Waals surface area contributed by atoms with Crippen LogP contribution in [0.5, 0.6) is 0 Å². The number of hydrogen-bond acceptors (Lipinski definition) is 5. The molecule has 0 atom stereocenters. The quantitative estimate of drug-likeness (QED) is 0.547. The number of nitrogens with one attached hydrogen (secondary N) is 1. The average molecular weight is 485 g/mol. The molecule has 0 aliphatic heterocycles. The maximum absolute atomic E-state index is 13.0. The van der Waals surface area contributed by atoms with Gasteiger partial charge in [-0.2, -0.15) is 0 Å². The number of nitrogens with zero attached hydrogens (tertiary/aromatic N) is 2. The number of halogens is 3. The van der Waals surface area contributed by atoms with Crippen LogP contribution in [0.2, 0.25) is 5.02 Å². The molecule has 144 valence electrons. The molecule has 10 heteroatoms. The van der Waals surface area contributed by atoms with Gasteiger partial charge < -0.3 is 5.32 Å². The Labute approximate surface area is 173 Å². The van der Waals surface area contributed by atoms with Gasteiger partial charge in [0.05, 0.1) is 10.2 Å². The van der Waals surface area contributed by atoms with Crippen molar-refractivity contribution in [3.8, 4) is 0 Å². The van der Waals surface area contributed by atoms with E-state index in [1.54, 1.807) is 24.3 Å². The van der Waals surface area contributed by atoms with Crippen molar-refractivity contribution in [3.63, 3.8) is 0 Å². The predicted octanol–water partition coefficient (Wildman–Crippen LogP) is 4.26. The number of carbonyl (C=O) groups is 1. The molecule has 0 radical (unpaired) electrons. The number of rotatable bonds is 5. The lowest BCUT2D eigenvalue weighted by Gasteiger charge is -2.09. The zero-order valence-electron chi connectivity index (χ0n) is 14.1. The second kappa shape index (κ2) is 8.34. The second-order valence-electron chi connectivity index (χ2n) is 5.70. The number of sulfone groups is 1. The van der Waals surface area contributed by atoms with Gasteiger partial charge in [-0.05, 0) is 51.8 Å². The fourth-order valence-corrected chi connectivity index (χ4v) is 4.05. The summed E-state index contributed by atoms with van der Waals surface area (Å²) in [5.74, 6) is -1.53. The fraction of sp³-hybridized carbons (Fsp3) is 0.0556. The number of hydrogen-bond donors (Lipinski definition) is 1. The highest BCUT2D eigenvalue weighted by Crippen LogP contribution is 2.21. The van der Waals surface area contributed by atoms with E-state index in [1.807, 2.05) is 0 Å². The Morgan fingerprint density at radius 1 is 1.18 bits per heavy atom. The summed E-state index contributed by atoms with van der Waals surface area (Å²) in [6, 6.07) is 11.5. The third-order valence-corrected chi connectivity index (χ3v) is 5.85. The van der Waals surface area contributed by atoms with E-state index < -0.39 is 32.5 Å². The van der Waals surface area contributed by atoms with Crippen molar-refractivity contribution in [2.45, 2.75) is 10.9 Å². The molecule has 0 fully saturated rings. The van der Waals surface area contributed by atoms with Crippen LogP contribution in [0.25, 0.3) is 0 Å². The minimum atomic E-state index is -3.95. The summed E-state index contributed by atoms with van der Waals surface area (Å²) in [6.45, 7) is 0. The fourth-order valence-electron chi connectivity index (χ4n) is 2.28. The number of aromatic nitrogens is 2. The maximum Gasteiger partial charge on any atom is 0.275 e. The SMILES string of the molecule is O=C(Nc1cccc(Cl)c1)c1nc(S(=O)(=O)Cc2ccc(F)cc2)ncc1Br. The normalized spacial score (nSPS) is 11.2. The van der Waals surface area contributed by atoms with Crippen LogP contribution in [-0.2, 0) is 15.6 Å². The lowest BCUT2D eigenvalue weighted by atomic mass is 10.2. The maximum atomic E-state index is 13.0. The standard InChI is InChI=1S/C18H12BrClFN3O3S/c19-15-9-22-18(28(26,27)10-11-4-6-13(21)7-5-11)24-16(15)17(25)23-14-3-1-2-12(20)8-14/h1-9H,10H2,(H,23,25). The van der Waals surface area contributed by atoms with Gasteiger partial charge in [0, 0.05) is 16.9 Å². The largest absolute Gasteiger partial charge is 0.321 e. The van der Waals surface area contributed by atoms with Crippen LogP contribution in [0.1, 0.15) is 16.1 Å². The third kappa shape index (κ3) is 4.92. The molecule has 0 saturated heterocycles. The van der Waals surface area contributed by atoms with Gasteiger partial charge in [0.15, 0.2) is 0 Å². The summed E-state index contributed by atoms with van der Waals surface area (Å²) in [6.07, 6.45) is 1.19. The van der Waals surface area contributed by atoms with Gasteiger partial charge in [0.25, 0.3) is 5.91 Å². The van der Waals surface area contributed by atoms with E-state index in [9.17, 15) is 17.6 Å². The Kier molecular flexibility index (Phi) is 6.07. The van der Waals surface area contributed by atoms with Crippen molar-refractivity contribution in [2.24, 2.45) is 0 Å². The van der Waals surface area contributed by atoms with Crippen LogP contribution < -0.4 is 5.32 Å². The monoisotopic (exact) mass is 483 g/mol. The van der Waals surface area contributed by atoms with E-state index in [4.69, 9.17) is 11.6 Å². The summed E-state index contributed by atoms with van der Waals surface area (Å²) in [5, 5.41) is 2.52. The molecule has 1 N–H and O–H groups in total. The number of benzene rings is 2. The van der Waals surface area contributed by atoms with E-state index >= 15 is 0 Å². The molecule has 1 amide bonds. The van der Waals surface area contributed by atoms with Crippen molar-refractivity contribution in [1.82, 2.24) is 9.97 Å². The van der Waals surface area contributed by atoms with Crippen molar-refractivity contribution >= 4 is 49.0 Å². The van der Waals surface area contributed by atoms with Crippen LogP contribution >= 0.6 is 27.5 Å². The van der Waals surface area contributed by atoms with Crippen molar-refractivity contribution in [3.05, 3.63) is 81.3 Å². The lowest BCUT2D eigenvalue weighted by molar-refractivity contribution is 0.102. The van der Waals surface area contributed by atoms with Gasteiger partial charge in [-0.3, -0.25) is 4.79 Å². The van der Waals surface area contributed by atoms with Gasteiger partial charge in [0.2, 0.25) is 15.0 Å².